The van der Waals surface area contributed by atoms with Gasteiger partial charge in [0.25, 0.3) is 0 Å². The maximum Gasteiger partial charge on any atom is 0.145 e. The number of rotatable bonds is 7. The number of ketones is 1. The van der Waals surface area contributed by atoms with Crippen molar-refractivity contribution in [2.45, 2.75) is 73.1 Å². The number of thioether (sulfide) groups is 1. The van der Waals surface area contributed by atoms with Gasteiger partial charge in [-0.2, -0.15) is 0 Å². The van der Waals surface area contributed by atoms with Crippen LogP contribution >= 0.6 is 11.8 Å². The molecule has 1 N–H and O–H groups in total. The van der Waals surface area contributed by atoms with Gasteiger partial charge in [-0.25, -0.2) is 0 Å². The van der Waals surface area contributed by atoms with Crippen LogP contribution < -0.4 is 5.32 Å². The molecule has 0 atom stereocenters. The van der Waals surface area contributed by atoms with Gasteiger partial charge in [0.1, 0.15) is 5.78 Å². The largest absolute Gasteiger partial charge is 0.313 e. The first kappa shape index (κ1) is 21.3. The number of Topliss-reactive ketones (excluding diaryl/α,β-unsaturated/α-hetero) is 1. The molecule has 0 radical (unpaired) electrons. The van der Waals surface area contributed by atoms with Crippen LogP contribution in [-0.4, -0.2) is 28.9 Å². The molecule has 0 aliphatic heterocycles. The molecular formula is C16H37NOS. The van der Waals surface area contributed by atoms with Crippen molar-refractivity contribution in [3.8, 4) is 0 Å². The Labute approximate surface area is 127 Å². The molecule has 0 saturated carbocycles. The van der Waals surface area contributed by atoms with Gasteiger partial charge < -0.3 is 5.32 Å². The predicted molar refractivity (Wildman–Crippen MR) is 92.1 cm³/mol. The summed E-state index contributed by atoms with van der Waals surface area (Å²) >= 11 is 1.75. The average molecular weight is 292 g/mol. The van der Waals surface area contributed by atoms with Crippen LogP contribution in [0.25, 0.3) is 0 Å². The van der Waals surface area contributed by atoms with E-state index < -0.39 is 0 Å². The molecule has 0 heterocycles. The molecule has 2 nitrogen and oxygen atoms in total. The van der Waals surface area contributed by atoms with Crippen molar-refractivity contribution in [1.29, 1.82) is 0 Å². The SMILES string of the molecule is CC(C)C.CC(C)NCC(C)(C)SCC(=O)C(C)C.[HH]. The molecule has 0 aliphatic carbocycles. The summed E-state index contributed by atoms with van der Waals surface area (Å²) in [6, 6.07) is 0.505. The van der Waals surface area contributed by atoms with Crippen molar-refractivity contribution >= 4 is 17.5 Å². The van der Waals surface area contributed by atoms with Gasteiger partial charge in [0.2, 0.25) is 0 Å². The molecule has 0 aliphatic rings. The highest BCUT2D eigenvalue weighted by molar-refractivity contribution is 8.01. The van der Waals surface area contributed by atoms with Crippen molar-refractivity contribution in [2.24, 2.45) is 11.8 Å². The van der Waals surface area contributed by atoms with Gasteiger partial charge in [-0.05, 0) is 19.8 Å². The fourth-order valence-electron chi connectivity index (χ4n) is 0.934. The number of nitrogens with one attached hydrogen (secondary N) is 1. The van der Waals surface area contributed by atoms with Gasteiger partial charge in [0.05, 0.1) is 5.75 Å². The monoisotopic (exact) mass is 291 g/mol. The van der Waals surface area contributed by atoms with Crippen LogP contribution in [-0.2, 0) is 4.79 Å². The van der Waals surface area contributed by atoms with Gasteiger partial charge in [-0.1, -0.05) is 48.5 Å². The van der Waals surface area contributed by atoms with E-state index in [2.05, 4.69) is 53.8 Å². The molecule has 0 bridgehead atoms. The van der Waals surface area contributed by atoms with Crippen LogP contribution in [0, 0.1) is 11.8 Å². The van der Waals surface area contributed by atoms with Gasteiger partial charge in [0.15, 0.2) is 0 Å². The van der Waals surface area contributed by atoms with Crippen LogP contribution in [0.2, 0.25) is 0 Å². The molecule has 0 fully saturated rings. The Balaban J connectivity index is -0.000000508. The zero-order chi connectivity index (χ0) is 15.6. The number of carbonyl (C=O) groups excluding carboxylic acids is 1. The van der Waals surface area contributed by atoms with Crippen LogP contribution in [0.15, 0.2) is 0 Å². The van der Waals surface area contributed by atoms with E-state index in [1.54, 1.807) is 11.8 Å². The molecule has 0 rings (SSSR count). The maximum atomic E-state index is 11.5. The molecule has 19 heavy (non-hydrogen) atoms. The zero-order valence-corrected chi connectivity index (χ0v) is 15.3. The lowest BCUT2D eigenvalue weighted by Crippen LogP contribution is -2.37. The first-order chi connectivity index (χ1) is 8.48. The van der Waals surface area contributed by atoms with Crippen molar-refractivity contribution < 1.29 is 6.22 Å². The molecule has 0 spiro atoms. The summed E-state index contributed by atoms with van der Waals surface area (Å²) < 4.78 is 0.134. The third-order valence-electron chi connectivity index (χ3n) is 2.19. The summed E-state index contributed by atoms with van der Waals surface area (Å²) in [7, 11) is 0. The van der Waals surface area contributed by atoms with Gasteiger partial charge >= 0.3 is 0 Å². The molecule has 3 heteroatoms. The summed E-state index contributed by atoms with van der Waals surface area (Å²) in [6.45, 7) is 20.0. The molecule has 0 aromatic carbocycles. The second-order valence-corrected chi connectivity index (χ2v) is 8.62. The fraction of sp³-hybridized carbons (Fsp3) is 0.938. The lowest BCUT2D eigenvalue weighted by Gasteiger charge is -2.25. The lowest BCUT2D eigenvalue weighted by atomic mass is 10.1. The van der Waals surface area contributed by atoms with E-state index >= 15 is 0 Å². The highest BCUT2D eigenvalue weighted by atomic mass is 32.2. The second kappa shape index (κ2) is 10.7. The minimum Gasteiger partial charge on any atom is -0.313 e. The van der Waals surface area contributed by atoms with E-state index in [-0.39, 0.29) is 12.1 Å². The van der Waals surface area contributed by atoms with Gasteiger partial charge in [-0.3, -0.25) is 4.79 Å². The van der Waals surface area contributed by atoms with Crippen molar-refractivity contribution in [3.63, 3.8) is 0 Å². The molecule has 118 valence electrons. The molecular weight excluding hydrogens is 254 g/mol. The topological polar surface area (TPSA) is 29.1 Å². The second-order valence-electron chi connectivity index (χ2n) is 6.94. The first-order valence-corrected chi connectivity index (χ1v) is 8.36. The predicted octanol–water partition coefficient (Wildman–Crippen LogP) is 4.63. The minimum absolute atomic E-state index is 0. The van der Waals surface area contributed by atoms with E-state index in [4.69, 9.17) is 0 Å². The fourth-order valence-corrected chi connectivity index (χ4v) is 1.99. The molecule has 0 unspecified atom stereocenters. The van der Waals surface area contributed by atoms with Crippen molar-refractivity contribution in [3.05, 3.63) is 0 Å². The highest BCUT2D eigenvalue weighted by Gasteiger charge is 2.20. The summed E-state index contributed by atoms with van der Waals surface area (Å²) in [4.78, 5) is 11.5. The van der Waals surface area contributed by atoms with Gasteiger partial charge in [-0.15, -0.1) is 11.8 Å². The van der Waals surface area contributed by atoms with Gasteiger partial charge in [0, 0.05) is 24.7 Å². The Hall–Kier alpha value is -0.0200. The minimum atomic E-state index is 0. The molecule has 0 amide bonds. The van der Waals surface area contributed by atoms with E-state index in [1.165, 1.54) is 0 Å². The Kier molecular flexibility index (Phi) is 12.0. The summed E-state index contributed by atoms with van der Waals surface area (Å²) in [5, 5.41) is 3.41. The first-order valence-electron chi connectivity index (χ1n) is 7.38. The summed E-state index contributed by atoms with van der Waals surface area (Å²) in [5.41, 5.74) is 0. The summed E-state index contributed by atoms with van der Waals surface area (Å²) in [6.07, 6.45) is 0. The third kappa shape index (κ3) is 18.0. The third-order valence-corrected chi connectivity index (χ3v) is 3.54. The van der Waals surface area contributed by atoms with Crippen LogP contribution in [0.4, 0.5) is 0 Å². The Bertz CT molecular complexity index is 238. The molecule has 0 aromatic rings. The summed E-state index contributed by atoms with van der Waals surface area (Å²) in [5.74, 6) is 1.97. The number of carbonyl (C=O) groups is 1. The van der Waals surface area contributed by atoms with Crippen LogP contribution in [0.5, 0.6) is 0 Å². The zero-order valence-electron chi connectivity index (χ0n) is 14.5. The van der Waals surface area contributed by atoms with Crippen LogP contribution in [0.1, 0.15) is 63.7 Å². The smallest absolute Gasteiger partial charge is 0.145 e. The lowest BCUT2D eigenvalue weighted by molar-refractivity contribution is -0.119. The standard InChI is InChI=1S/C12H25NOS.C4H10.H2/c1-9(2)11(14)7-15-12(5,6)8-13-10(3)4;1-4(2)3;/h9-10,13H,7-8H2,1-6H3;4H,1-3H3;1H. The van der Waals surface area contributed by atoms with Crippen LogP contribution in [0.3, 0.4) is 0 Å². The quantitative estimate of drug-likeness (QED) is 0.741. The van der Waals surface area contributed by atoms with Crippen molar-refractivity contribution in [2.75, 3.05) is 12.3 Å². The van der Waals surface area contributed by atoms with Crippen molar-refractivity contribution in [1.82, 2.24) is 5.32 Å². The number of hydrogen-bond acceptors (Lipinski definition) is 3. The Morgan fingerprint density at radius 3 is 1.84 bits per heavy atom. The van der Waals surface area contributed by atoms with E-state index in [0.717, 1.165) is 12.5 Å². The maximum absolute atomic E-state index is 11.5. The van der Waals surface area contributed by atoms with E-state index in [1.807, 2.05) is 13.8 Å². The average Bonchev–Trinajstić information content (AvgIpc) is 2.22. The van der Waals surface area contributed by atoms with E-state index in [9.17, 15) is 4.79 Å². The number of hydrogen-bond donors (Lipinski definition) is 1. The Morgan fingerprint density at radius 2 is 1.53 bits per heavy atom. The molecule has 0 aromatic heterocycles. The highest BCUT2D eigenvalue weighted by Crippen LogP contribution is 2.24. The van der Waals surface area contributed by atoms with E-state index in [0.29, 0.717) is 17.6 Å². The normalized spacial score (nSPS) is 11.8. The molecule has 0 saturated heterocycles. The Morgan fingerprint density at radius 1 is 1.11 bits per heavy atom.